The van der Waals surface area contributed by atoms with E-state index in [0.29, 0.717) is 10.2 Å². The Balaban J connectivity index is 2.30. The molecule has 1 heterocycles. The van der Waals surface area contributed by atoms with Crippen LogP contribution in [0.15, 0.2) is 28.3 Å². The predicted octanol–water partition coefficient (Wildman–Crippen LogP) is 2.81. The third-order valence-electron chi connectivity index (χ3n) is 2.36. The van der Waals surface area contributed by atoms with E-state index < -0.39 is 0 Å². The van der Waals surface area contributed by atoms with E-state index in [0.717, 1.165) is 22.7 Å². The molecule has 0 aliphatic carbocycles. The van der Waals surface area contributed by atoms with Crippen molar-refractivity contribution in [3.63, 3.8) is 0 Å². The Bertz CT molecular complexity index is 539. The summed E-state index contributed by atoms with van der Waals surface area (Å²) in [4.78, 5) is 5.26. The summed E-state index contributed by atoms with van der Waals surface area (Å²) in [6, 6.07) is 5.94. The molecule has 0 radical (unpaired) electrons. The van der Waals surface area contributed by atoms with Crippen LogP contribution in [0.4, 0.5) is 0 Å². The molecule has 1 unspecified atom stereocenters. The number of nitrogens with one attached hydrogen (secondary N) is 1. The molecule has 1 aromatic carbocycles. The summed E-state index contributed by atoms with van der Waals surface area (Å²) in [7, 11) is 0. The fourth-order valence-electron chi connectivity index (χ4n) is 1.63. The number of nitrogens with zero attached hydrogens (tertiary/aromatic N) is 2. The fraction of sp³-hybridized carbons (Fsp3) is 0.333. The van der Waals surface area contributed by atoms with Crippen LogP contribution < -0.4 is 5.73 Å². The number of hydrogen-bond donors (Lipinski definition) is 2. The standard InChI is InChI=1S/C12H15ClN4S/c1-7(14)6-9-4-3-5-10(13)11(9)18-12-15-8(2)16-17-12/h3-5,7H,6,14H2,1-2H3,(H,15,16,17). The summed E-state index contributed by atoms with van der Waals surface area (Å²) in [6.45, 7) is 3.85. The van der Waals surface area contributed by atoms with E-state index in [2.05, 4.69) is 15.2 Å². The zero-order valence-electron chi connectivity index (χ0n) is 10.3. The van der Waals surface area contributed by atoms with Crippen LogP contribution in [0, 0.1) is 6.92 Å². The smallest absolute Gasteiger partial charge is 0.213 e. The maximum atomic E-state index is 6.24. The molecule has 0 saturated heterocycles. The second-order valence-electron chi connectivity index (χ2n) is 4.21. The van der Waals surface area contributed by atoms with Crippen molar-refractivity contribution in [3.8, 4) is 0 Å². The molecule has 0 aliphatic rings. The van der Waals surface area contributed by atoms with Crippen LogP contribution in [-0.2, 0) is 6.42 Å². The molecule has 6 heteroatoms. The molecule has 0 aliphatic heterocycles. The first kappa shape index (κ1) is 13.4. The number of benzene rings is 1. The van der Waals surface area contributed by atoms with Gasteiger partial charge in [-0.05, 0) is 43.7 Å². The van der Waals surface area contributed by atoms with Crippen LogP contribution in [0.25, 0.3) is 0 Å². The van der Waals surface area contributed by atoms with Gasteiger partial charge in [0.05, 0.1) is 5.02 Å². The van der Waals surface area contributed by atoms with Crippen molar-refractivity contribution in [2.75, 3.05) is 0 Å². The number of nitrogens with two attached hydrogens (primary N) is 1. The van der Waals surface area contributed by atoms with Crippen LogP contribution in [-0.4, -0.2) is 21.2 Å². The van der Waals surface area contributed by atoms with Gasteiger partial charge >= 0.3 is 0 Å². The summed E-state index contributed by atoms with van der Waals surface area (Å²) < 4.78 is 0. The van der Waals surface area contributed by atoms with E-state index in [1.54, 1.807) is 0 Å². The van der Waals surface area contributed by atoms with Gasteiger partial charge in [-0.25, -0.2) is 4.98 Å². The average molecular weight is 283 g/mol. The molecule has 0 fully saturated rings. The first-order valence-corrected chi connectivity index (χ1v) is 6.85. The topological polar surface area (TPSA) is 67.6 Å². The Labute approximate surface area is 115 Å². The van der Waals surface area contributed by atoms with E-state index in [1.165, 1.54) is 11.8 Å². The Kier molecular flexibility index (Phi) is 4.27. The molecule has 2 aromatic rings. The minimum atomic E-state index is 0.0942. The molecule has 0 bridgehead atoms. The number of rotatable bonds is 4. The highest BCUT2D eigenvalue weighted by molar-refractivity contribution is 7.99. The highest BCUT2D eigenvalue weighted by atomic mass is 35.5. The van der Waals surface area contributed by atoms with Crippen molar-refractivity contribution in [3.05, 3.63) is 34.6 Å². The highest BCUT2D eigenvalue weighted by Gasteiger charge is 2.12. The van der Waals surface area contributed by atoms with E-state index in [9.17, 15) is 0 Å². The van der Waals surface area contributed by atoms with Gasteiger partial charge < -0.3 is 5.73 Å². The molecule has 0 spiro atoms. The maximum absolute atomic E-state index is 6.24. The van der Waals surface area contributed by atoms with Crippen LogP contribution in [0.2, 0.25) is 5.02 Å². The summed E-state index contributed by atoms with van der Waals surface area (Å²) in [5.74, 6) is 0.790. The molecule has 2 rings (SSSR count). The summed E-state index contributed by atoms with van der Waals surface area (Å²) in [6.07, 6.45) is 0.784. The SMILES string of the molecule is Cc1nc(Sc2c(Cl)cccc2CC(C)N)n[nH]1. The molecule has 0 amide bonds. The molecule has 1 aromatic heterocycles. The molecule has 96 valence electrons. The third kappa shape index (κ3) is 3.25. The molecular weight excluding hydrogens is 268 g/mol. The van der Waals surface area contributed by atoms with E-state index in [1.807, 2.05) is 32.0 Å². The van der Waals surface area contributed by atoms with Crippen molar-refractivity contribution >= 4 is 23.4 Å². The lowest BCUT2D eigenvalue weighted by atomic mass is 10.1. The van der Waals surface area contributed by atoms with Crippen LogP contribution >= 0.6 is 23.4 Å². The third-order valence-corrected chi connectivity index (χ3v) is 3.84. The normalized spacial score (nSPS) is 12.7. The van der Waals surface area contributed by atoms with Crippen LogP contribution in [0.5, 0.6) is 0 Å². The van der Waals surface area contributed by atoms with Gasteiger partial charge in [0, 0.05) is 10.9 Å². The van der Waals surface area contributed by atoms with E-state index in [4.69, 9.17) is 17.3 Å². The number of halogens is 1. The molecule has 0 saturated carbocycles. The average Bonchev–Trinajstić information content (AvgIpc) is 2.68. The monoisotopic (exact) mass is 282 g/mol. The van der Waals surface area contributed by atoms with Crippen LogP contribution in [0.3, 0.4) is 0 Å². The van der Waals surface area contributed by atoms with Gasteiger partial charge in [-0.15, -0.1) is 5.10 Å². The number of aromatic amines is 1. The first-order valence-electron chi connectivity index (χ1n) is 5.66. The number of aryl methyl sites for hydroxylation is 1. The van der Waals surface area contributed by atoms with Gasteiger partial charge in [-0.2, -0.15) is 0 Å². The second-order valence-corrected chi connectivity index (χ2v) is 5.60. The fourth-order valence-corrected chi connectivity index (χ4v) is 2.85. The quantitative estimate of drug-likeness (QED) is 0.905. The minimum Gasteiger partial charge on any atom is -0.328 e. The number of aromatic nitrogens is 3. The van der Waals surface area contributed by atoms with Crippen LogP contribution in [0.1, 0.15) is 18.3 Å². The Hall–Kier alpha value is -1.04. The van der Waals surface area contributed by atoms with Gasteiger partial charge in [-0.3, -0.25) is 5.10 Å². The first-order chi connectivity index (χ1) is 8.56. The lowest BCUT2D eigenvalue weighted by molar-refractivity contribution is 0.729. The largest absolute Gasteiger partial charge is 0.328 e. The van der Waals surface area contributed by atoms with Crippen molar-refractivity contribution in [2.45, 2.75) is 36.4 Å². The van der Waals surface area contributed by atoms with E-state index >= 15 is 0 Å². The molecule has 1 atom stereocenters. The van der Waals surface area contributed by atoms with Crippen molar-refractivity contribution in [2.24, 2.45) is 5.73 Å². The number of H-pyrrole nitrogens is 1. The lowest BCUT2D eigenvalue weighted by Crippen LogP contribution is -2.18. The van der Waals surface area contributed by atoms with E-state index in [-0.39, 0.29) is 6.04 Å². The minimum absolute atomic E-state index is 0.0942. The summed E-state index contributed by atoms with van der Waals surface area (Å²) in [5, 5.41) is 8.31. The summed E-state index contributed by atoms with van der Waals surface area (Å²) >= 11 is 7.70. The van der Waals surface area contributed by atoms with Crippen molar-refractivity contribution in [1.29, 1.82) is 0 Å². The van der Waals surface area contributed by atoms with Crippen molar-refractivity contribution < 1.29 is 0 Å². The number of hydrogen-bond acceptors (Lipinski definition) is 4. The zero-order chi connectivity index (χ0) is 13.1. The zero-order valence-corrected chi connectivity index (χ0v) is 11.8. The maximum Gasteiger partial charge on any atom is 0.213 e. The van der Waals surface area contributed by atoms with Gasteiger partial charge in [0.1, 0.15) is 5.82 Å². The van der Waals surface area contributed by atoms with Gasteiger partial charge in [0.15, 0.2) is 0 Å². The Morgan fingerprint density at radius 1 is 1.50 bits per heavy atom. The van der Waals surface area contributed by atoms with Gasteiger partial charge in [-0.1, -0.05) is 23.7 Å². The highest BCUT2D eigenvalue weighted by Crippen LogP contribution is 2.34. The Morgan fingerprint density at radius 2 is 2.28 bits per heavy atom. The molecule has 4 nitrogen and oxygen atoms in total. The van der Waals surface area contributed by atoms with Gasteiger partial charge in [0.2, 0.25) is 5.16 Å². The predicted molar refractivity (Wildman–Crippen MR) is 74.0 cm³/mol. The Morgan fingerprint density at radius 3 is 2.89 bits per heavy atom. The summed E-state index contributed by atoms with van der Waals surface area (Å²) in [5.41, 5.74) is 6.98. The lowest BCUT2D eigenvalue weighted by Gasteiger charge is -2.11. The second kappa shape index (κ2) is 5.73. The van der Waals surface area contributed by atoms with Crippen molar-refractivity contribution in [1.82, 2.24) is 15.2 Å². The molecular formula is C12H15ClN4S. The van der Waals surface area contributed by atoms with Gasteiger partial charge in [0.25, 0.3) is 0 Å². The molecule has 18 heavy (non-hydrogen) atoms. The molecule has 3 N–H and O–H groups in total.